The zero-order valence-corrected chi connectivity index (χ0v) is 11.0. The highest BCUT2D eigenvalue weighted by Crippen LogP contribution is 2.21. The maximum absolute atomic E-state index is 11.5. The van der Waals surface area contributed by atoms with Crippen LogP contribution in [0, 0.1) is 0 Å². The van der Waals surface area contributed by atoms with Gasteiger partial charge in [-0.1, -0.05) is 6.42 Å². The van der Waals surface area contributed by atoms with Gasteiger partial charge in [0.2, 0.25) is 5.91 Å². The summed E-state index contributed by atoms with van der Waals surface area (Å²) in [4.78, 5) is 11.5. The van der Waals surface area contributed by atoms with Gasteiger partial charge in [0.15, 0.2) is 0 Å². The molecule has 0 aromatic heterocycles. The summed E-state index contributed by atoms with van der Waals surface area (Å²) in [6.45, 7) is 5.39. The molecule has 2 saturated heterocycles. The summed E-state index contributed by atoms with van der Waals surface area (Å²) < 4.78 is 0. The van der Waals surface area contributed by atoms with Gasteiger partial charge in [0.1, 0.15) is 0 Å². The fourth-order valence-corrected chi connectivity index (χ4v) is 2.97. The lowest BCUT2D eigenvalue weighted by Gasteiger charge is -2.41. The van der Waals surface area contributed by atoms with Crippen molar-refractivity contribution in [1.82, 2.24) is 15.8 Å². The number of rotatable bonds is 2. The largest absolute Gasteiger partial charge is 0.356 e. The Hall–Kier alpha value is -0.610. The molecule has 2 aliphatic heterocycles. The first-order valence-electron chi connectivity index (χ1n) is 6.98. The van der Waals surface area contributed by atoms with Crippen molar-refractivity contribution in [3.8, 4) is 0 Å². The first-order chi connectivity index (χ1) is 8.16. The van der Waals surface area contributed by atoms with Crippen molar-refractivity contribution >= 4 is 5.91 Å². The van der Waals surface area contributed by atoms with Crippen LogP contribution in [0.25, 0.3) is 0 Å². The van der Waals surface area contributed by atoms with E-state index in [1.165, 1.54) is 19.3 Å². The Bertz CT molecular complexity index is 259. The number of nitrogens with zero attached hydrogens (tertiary/aromatic N) is 1. The van der Waals surface area contributed by atoms with E-state index in [1.54, 1.807) is 0 Å². The van der Waals surface area contributed by atoms with Crippen LogP contribution >= 0.6 is 0 Å². The van der Waals surface area contributed by atoms with Gasteiger partial charge in [-0.2, -0.15) is 0 Å². The fraction of sp³-hybridized carbons (Fsp3) is 0.923. The lowest BCUT2D eigenvalue weighted by molar-refractivity contribution is -0.121. The van der Waals surface area contributed by atoms with Crippen LogP contribution in [0.4, 0.5) is 0 Å². The number of carbonyl (C=O) groups is 1. The number of hydrogen-bond donors (Lipinski definition) is 2. The normalized spacial score (nSPS) is 36.4. The van der Waals surface area contributed by atoms with Crippen LogP contribution in [-0.4, -0.2) is 35.6 Å². The Balaban J connectivity index is 1.91. The maximum atomic E-state index is 11.5. The Morgan fingerprint density at radius 2 is 1.88 bits per heavy atom. The molecule has 98 valence electrons. The van der Waals surface area contributed by atoms with Gasteiger partial charge in [-0.05, 0) is 39.5 Å². The summed E-state index contributed by atoms with van der Waals surface area (Å²) in [6, 6.07) is 1.50. The number of amides is 1. The van der Waals surface area contributed by atoms with Gasteiger partial charge in [0, 0.05) is 31.1 Å². The third-order valence-corrected chi connectivity index (χ3v) is 4.01. The molecular weight excluding hydrogens is 214 g/mol. The van der Waals surface area contributed by atoms with Gasteiger partial charge in [0.05, 0.1) is 0 Å². The van der Waals surface area contributed by atoms with Crippen LogP contribution in [0.15, 0.2) is 0 Å². The highest BCUT2D eigenvalue weighted by atomic mass is 16.1. The molecule has 0 aliphatic carbocycles. The number of hydrogen-bond acceptors (Lipinski definition) is 3. The van der Waals surface area contributed by atoms with Crippen molar-refractivity contribution in [2.45, 2.75) is 70.5 Å². The second-order valence-corrected chi connectivity index (χ2v) is 5.56. The van der Waals surface area contributed by atoms with E-state index in [-0.39, 0.29) is 5.91 Å². The van der Waals surface area contributed by atoms with Crippen molar-refractivity contribution in [2.24, 2.45) is 0 Å². The van der Waals surface area contributed by atoms with Gasteiger partial charge in [-0.3, -0.25) is 10.2 Å². The molecule has 4 nitrogen and oxygen atoms in total. The minimum absolute atomic E-state index is 0.192. The number of piperidine rings is 1. The van der Waals surface area contributed by atoms with Crippen molar-refractivity contribution in [1.29, 1.82) is 0 Å². The molecule has 0 spiro atoms. The van der Waals surface area contributed by atoms with Gasteiger partial charge >= 0.3 is 0 Å². The van der Waals surface area contributed by atoms with E-state index in [0.29, 0.717) is 24.5 Å². The monoisotopic (exact) mass is 239 g/mol. The summed E-state index contributed by atoms with van der Waals surface area (Å²) in [5.74, 6) is 0.192. The van der Waals surface area contributed by atoms with Crippen molar-refractivity contribution in [3.63, 3.8) is 0 Å². The Morgan fingerprint density at radius 1 is 1.18 bits per heavy atom. The molecule has 4 heteroatoms. The second kappa shape index (κ2) is 5.83. The predicted molar refractivity (Wildman–Crippen MR) is 68.4 cm³/mol. The van der Waals surface area contributed by atoms with Crippen molar-refractivity contribution in [2.75, 3.05) is 6.54 Å². The summed E-state index contributed by atoms with van der Waals surface area (Å²) in [5.41, 5.74) is 3.60. The van der Waals surface area contributed by atoms with Crippen molar-refractivity contribution in [3.05, 3.63) is 0 Å². The number of hydrazine groups is 1. The van der Waals surface area contributed by atoms with Crippen LogP contribution < -0.4 is 10.7 Å². The Labute approximate surface area is 104 Å². The highest BCUT2D eigenvalue weighted by molar-refractivity contribution is 5.76. The van der Waals surface area contributed by atoms with Gasteiger partial charge in [-0.25, -0.2) is 5.01 Å². The van der Waals surface area contributed by atoms with E-state index in [4.69, 9.17) is 0 Å². The highest BCUT2D eigenvalue weighted by Gasteiger charge is 2.27. The molecule has 0 aromatic carbocycles. The average molecular weight is 239 g/mol. The molecule has 0 radical (unpaired) electrons. The van der Waals surface area contributed by atoms with E-state index in [0.717, 1.165) is 19.4 Å². The first kappa shape index (κ1) is 12.8. The lowest BCUT2D eigenvalue weighted by atomic mass is 9.99. The third-order valence-electron chi connectivity index (χ3n) is 4.01. The van der Waals surface area contributed by atoms with Gasteiger partial charge < -0.3 is 5.32 Å². The van der Waals surface area contributed by atoms with E-state index in [9.17, 15) is 4.79 Å². The molecule has 2 aliphatic rings. The average Bonchev–Trinajstić information content (AvgIpc) is 2.48. The van der Waals surface area contributed by atoms with Crippen LogP contribution in [0.5, 0.6) is 0 Å². The summed E-state index contributed by atoms with van der Waals surface area (Å²) >= 11 is 0. The topological polar surface area (TPSA) is 44.4 Å². The molecule has 0 bridgehead atoms. The van der Waals surface area contributed by atoms with Crippen molar-refractivity contribution < 1.29 is 4.79 Å². The Morgan fingerprint density at radius 3 is 2.59 bits per heavy atom. The predicted octanol–water partition coefficient (Wildman–Crippen LogP) is 1.42. The molecule has 17 heavy (non-hydrogen) atoms. The fourth-order valence-electron chi connectivity index (χ4n) is 2.97. The van der Waals surface area contributed by atoms with E-state index in [2.05, 4.69) is 29.6 Å². The molecule has 3 unspecified atom stereocenters. The Kier molecular flexibility index (Phi) is 4.40. The van der Waals surface area contributed by atoms with Crippen LogP contribution in [0.3, 0.4) is 0 Å². The maximum Gasteiger partial charge on any atom is 0.221 e. The molecule has 3 atom stereocenters. The minimum atomic E-state index is 0.192. The standard InChI is InChI=1S/C13H25N3O/c1-10-5-3-6-11(2)16(10)15-12-7-4-8-14-13(17)9-12/h10-12,15H,3-9H2,1-2H3,(H,14,17). The number of carbonyl (C=O) groups excluding carboxylic acids is 1. The van der Waals surface area contributed by atoms with Gasteiger partial charge in [-0.15, -0.1) is 0 Å². The van der Waals surface area contributed by atoms with Gasteiger partial charge in [0.25, 0.3) is 0 Å². The van der Waals surface area contributed by atoms with Crippen LogP contribution in [-0.2, 0) is 4.79 Å². The third kappa shape index (κ3) is 3.42. The zero-order valence-electron chi connectivity index (χ0n) is 11.0. The molecule has 2 heterocycles. The lowest BCUT2D eigenvalue weighted by Crippen LogP contribution is -2.55. The van der Waals surface area contributed by atoms with E-state index < -0.39 is 0 Å². The molecule has 0 saturated carbocycles. The molecule has 2 N–H and O–H groups in total. The number of nitrogens with one attached hydrogen (secondary N) is 2. The molecule has 2 fully saturated rings. The quantitative estimate of drug-likeness (QED) is 0.766. The zero-order chi connectivity index (χ0) is 12.3. The smallest absolute Gasteiger partial charge is 0.221 e. The molecule has 2 rings (SSSR count). The summed E-state index contributed by atoms with van der Waals surface area (Å²) in [5, 5.41) is 5.32. The second-order valence-electron chi connectivity index (χ2n) is 5.56. The molecular formula is C13H25N3O. The SMILES string of the molecule is CC1CCCC(C)N1NC1CCCNC(=O)C1. The van der Waals surface area contributed by atoms with E-state index in [1.807, 2.05) is 0 Å². The molecule has 0 aromatic rings. The summed E-state index contributed by atoms with van der Waals surface area (Å²) in [6.07, 6.45) is 6.64. The van der Waals surface area contributed by atoms with Crippen LogP contribution in [0.2, 0.25) is 0 Å². The molecule has 1 amide bonds. The van der Waals surface area contributed by atoms with Crippen LogP contribution in [0.1, 0.15) is 52.4 Å². The summed E-state index contributed by atoms with van der Waals surface area (Å²) in [7, 11) is 0. The first-order valence-corrected chi connectivity index (χ1v) is 6.98. The van der Waals surface area contributed by atoms with E-state index >= 15 is 0 Å². The minimum Gasteiger partial charge on any atom is -0.356 e.